The quantitative estimate of drug-likeness (QED) is 0.0635. The van der Waals surface area contributed by atoms with E-state index in [4.69, 9.17) is 9.47 Å². The van der Waals surface area contributed by atoms with Crippen LogP contribution in [-0.2, 0) is 56.6 Å². The van der Waals surface area contributed by atoms with Gasteiger partial charge in [-0.2, -0.15) is 0 Å². The summed E-state index contributed by atoms with van der Waals surface area (Å²) >= 11 is 0. The average molecular weight is 1200 g/mol. The van der Waals surface area contributed by atoms with Gasteiger partial charge < -0.3 is 51.6 Å². The van der Waals surface area contributed by atoms with Crippen LogP contribution >= 0.6 is 37.2 Å². The van der Waals surface area contributed by atoms with Crippen molar-refractivity contribution in [1.82, 2.24) is 36.0 Å². The summed E-state index contributed by atoms with van der Waals surface area (Å²) in [5, 5.41) is 20.6. The molecule has 0 bridgehead atoms. The van der Waals surface area contributed by atoms with Crippen molar-refractivity contribution < 1.29 is 51.4 Å². The van der Waals surface area contributed by atoms with E-state index in [0.717, 1.165) is 35.9 Å². The third-order valence-electron chi connectivity index (χ3n) is 16.4. The third-order valence-corrected chi connectivity index (χ3v) is 16.4. The molecule has 0 aromatic heterocycles. The summed E-state index contributed by atoms with van der Waals surface area (Å²) in [5.41, 5.74) is 1.22. The number of ketones is 1. The van der Waals surface area contributed by atoms with E-state index >= 15 is 18.4 Å². The molecule has 5 heterocycles. The number of nitrogens with zero attached hydrogens (tertiary/aromatic N) is 3. The van der Waals surface area contributed by atoms with E-state index < -0.39 is 83.0 Å². The number of anilines is 3. The fourth-order valence-electron chi connectivity index (χ4n) is 11.7. The largest absolute Gasteiger partial charge is 0.383 e. The second-order valence-corrected chi connectivity index (χ2v) is 21.6. The van der Waals surface area contributed by atoms with Gasteiger partial charge >= 0.3 is 0 Å². The monoisotopic (exact) mass is 1200 g/mol. The van der Waals surface area contributed by atoms with Crippen LogP contribution < -0.4 is 37.2 Å². The fourth-order valence-corrected chi connectivity index (χ4v) is 11.7. The maximum atomic E-state index is 15.5. The molecule has 0 unspecified atom stereocenters. The Labute approximate surface area is 494 Å². The summed E-state index contributed by atoms with van der Waals surface area (Å²) in [7, 11) is 1.61. The van der Waals surface area contributed by atoms with Crippen LogP contribution in [-0.4, -0.2) is 159 Å². The van der Waals surface area contributed by atoms with Gasteiger partial charge in [0.2, 0.25) is 23.6 Å². The summed E-state index contributed by atoms with van der Waals surface area (Å²) < 4.78 is 55.2. The normalized spacial score (nSPS) is 22.7. The first-order valence-corrected chi connectivity index (χ1v) is 27.2. The number of Topliss-reactive ketones (excluding diaryl/α,β-unsaturated/α-hetero) is 1. The van der Waals surface area contributed by atoms with Gasteiger partial charge in [-0.25, -0.2) is 13.2 Å². The van der Waals surface area contributed by atoms with Gasteiger partial charge in [0.25, 0.3) is 5.91 Å². The van der Waals surface area contributed by atoms with Crippen LogP contribution in [0.5, 0.6) is 0 Å². The molecular formula is C58H74Cl3F3N10O8. The second-order valence-electron chi connectivity index (χ2n) is 21.6. The predicted octanol–water partition coefficient (Wildman–Crippen LogP) is 5.26. The first kappa shape index (κ1) is 65.3. The lowest BCUT2D eigenvalue weighted by Crippen LogP contribution is -2.66. The highest BCUT2D eigenvalue weighted by atomic mass is 35.5. The number of likely N-dealkylation sites (N-methyl/N-ethyl adjacent to an activating group) is 1. The SMILES string of the molecule is CN[C@@H](C)C(=O)N[C@H](C(=O)N1Cc2ccc(NC(=O)CNC(=O)[C@]3(C(=O)[C@H](C)N4C[C@@H](C)NC[C@@H]4CN4CCOC[C@H]4C)CNc4cc(Cc5ccc(F)cc5)ccc43)cc2[C@H]1C(=O)Nc1c(F)cccc1F)C1CCOCC1.Cl.Cl.Cl. The lowest BCUT2D eigenvalue weighted by molar-refractivity contribution is -0.144. The summed E-state index contributed by atoms with van der Waals surface area (Å²) in [5.74, 6) is -6.48. The van der Waals surface area contributed by atoms with Crippen molar-refractivity contribution in [3.63, 3.8) is 0 Å². The Morgan fingerprint density at radius 1 is 0.841 bits per heavy atom. The zero-order valence-electron chi connectivity index (χ0n) is 46.5. The van der Waals surface area contributed by atoms with Crippen LogP contribution in [0.15, 0.2) is 78.9 Å². The number of fused-ring (bicyclic) bond motifs is 2. The number of rotatable bonds is 18. The molecule has 4 aromatic rings. The molecule has 3 saturated heterocycles. The number of hydrogen-bond acceptors (Lipinski definition) is 13. The van der Waals surface area contributed by atoms with Crippen molar-refractivity contribution in [2.75, 3.05) is 88.7 Å². The van der Waals surface area contributed by atoms with Crippen LogP contribution in [0.3, 0.4) is 0 Å². The zero-order chi connectivity index (χ0) is 56.1. The first-order valence-electron chi connectivity index (χ1n) is 27.2. The Morgan fingerprint density at radius 2 is 1.55 bits per heavy atom. The predicted molar refractivity (Wildman–Crippen MR) is 312 cm³/mol. The van der Waals surface area contributed by atoms with Gasteiger partial charge in [-0.3, -0.25) is 38.6 Å². The van der Waals surface area contributed by atoms with Crippen LogP contribution in [0.4, 0.5) is 30.2 Å². The summed E-state index contributed by atoms with van der Waals surface area (Å²) in [6, 6.07) is 15.7. The number of carbonyl (C=O) groups excluding carboxylic acids is 6. The van der Waals surface area contributed by atoms with E-state index in [1.807, 2.05) is 19.1 Å². The summed E-state index contributed by atoms with van der Waals surface area (Å²) in [6.07, 6.45) is 1.35. The molecule has 0 saturated carbocycles. The number of hydrogen-bond donors (Lipinski definition) is 7. The Bertz CT molecular complexity index is 2930. The molecule has 9 rings (SSSR count). The van der Waals surface area contributed by atoms with Gasteiger partial charge in [0, 0.05) is 87.5 Å². The van der Waals surface area contributed by atoms with Crippen LogP contribution in [0.25, 0.3) is 0 Å². The Balaban J connectivity index is 0.00000360. The first-order chi connectivity index (χ1) is 37.9. The minimum atomic E-state index is -1.77. The van der Waals surface area contributed by atoms with Crippen LogP contribution in [0, 0.1) is 23.4 Å². The van der Waals surface area contributed by atoms with Gasteiger partial charge in [0.1, 0.15) is 35.2 Å². The average Bonchev–Trinajstić information content (AvgIpc) is 4.26. The lowest BCUT2D eigenvalue weighted by atomic mass is 9.74. The molecule has 24 heteroatoms. The van der Waals surface area contributed by atoms with Gasteiger partial charge in [0.15, 0.2) is 11.2 Å². The molecule has 446 valence electrons. The molecule has 82 heavy (non-hydrogen) atoms. The highest BCUT2D eigenvalue weighted by Crippen LogP contribution is 2.42. The van der Waals surface area contributed by atoms with Crippen molar-refractivity contribution in [2.45, 2.75) is 101 Å². The fraction of sp³-hybridized carbons (Fsp3) is 0.483. The van der Waals surface area contributed by atoms with E-state index in [9.17, 15) is 23.6 Å². The number of nitrogens with one attached hydrogen (secondary N) is 7. The Kier molecular flexibility index (Phi) is 22.8. The third kappa shape index (κ3) is 14.2. The number of amides is 5. The van der Waals surface area contributed by atoms with Crippen molar-refractivity contribution in [3.8, 4) is 0 Å². The second kappa shape index (κ2) is 28.6. The number of halogens is 6. The minimum Gasteiger partial charge on any atom is -0.383 e. The van der Waals surface area contributed by atoms with E-state index in [2.05, 4.69) is 60.9 Å². The van der Waals surface area contributed by atoms with Crippen molar-refractivity contribution in [3.05, 3.63) is 124 Å². The number of morpholine rings is 1. The smallest absolute Gasteiger partial charge is 0.252 e. The molecule has 8 atom stereocenters. The van der Waals surface area contributed by atoms with Gasteiger partial charge in [-0.05, 0) is 125 Å². The van der Waals surface area contributed by atoms with E-state index in [1.54, 1.807) is 44.3 Å². The molecule has 4 aromatic carbocycles. The molecule has 3 fully saturated rings. The molecule has 5 amide bonds. The van der Waals surface area contributed by atoms with Crippen molar-refractivity contribution in [1.29, 1.82) is 0 Å². The highest BCUT2D eigenvalue weighted by Gasteiger charge is 2.55. The molecule has 0 radical (unpaired) electrons. The standard InChI is InChI=1S/C58H71F3N10O8.3ClH/c1-33-28-70(43(26-63-33)30-69-19-22-79-31-34(69)2)36(4)53(73)58(32-65-48-24-38(11-16-45(48)58)23-37-9-13-41(59)14-10-37)57(77)64-27-49(72)66-42-15-12-40-29-71(52(44(40)25-42)55(75)68-51-46(60)7-6-8-47(51)61)56(76)50(39-17-20-78-21-18-39)67-54(74)35(3)62-5;;;/h6-16,24-25,33-36,39,43,50,52,62-63,65H,17-23,26-32H2,1-5H3,(H,64,77)(H,66,72)(H,67,74)(H,68,75);3*1H/t33-,34-,35+,36+,43-,50+,52+,58-;;;/m1.../s1. The van der Waals surface area contributed by atoms with E-state index in [0.29, 0.717) is 82.1 Å². The maximum Gasteiger partial charge on any atom is 0.252 e. The number of ether oxygens (including phenoxy) is 2. The Morgan fingerprint density at radius 3 is 2.24 bits per heavy atom. The van der Waals surface area contributed by atoms with E-state index in [-0.39, 0.29) is 97.2 Å². The highest BCUT2D eigenvalue weighted by molar-refractivity contribution is 6.17. The zero-order valence-corrected chi connectivity index (χ0v) is 48.9. The summed E-state index contributed by atoms with van der Waals surface area (Å²) in [4.78, 5) is 93.1. The molecule has 7 N–H and O–H groups in total. The number of piperazine rings is 1. The number of carbonyl (C=O) groups is 6. The summed E-state index contributed by atoms with van der Waals surface area (Å²) in [6.45, 7) is 11.4. The molecule has 5 aliphatic rings. The lowest BCUT2D eigenvalue weighted by Gasteiger charge is -2.46. The Hall–Kier alpha value is -5.88. The van der Waals surface area contributed by atoms with Crippen LogP contribution in [0.2, 0.25) is 0 Å². The topological polar surface area (TPSA) is 215 Å². The molecular weight excluding hydrogens is 1130 g/mol. The maximum absolute atomic E-state index is 15.5. The van der Waals surface area contributed by atoms with Gasteiger partial charge in [0.05, 0.1) is 31.8 Å². The number of benzene rings is 4. The van der Waals surface area contributed by atoms with Gasteiger partial charge in [-0.1, -0.05) is 36.4 Å². The van der Waals surface area contributed by atoms with Crippen LogP contribution in [0.1, 0.15) is 74.4 Å². The van der Waals surface area contributed by atoms with E-state index in [1.165, 1.54) is 23.1 Å². The van der Waals surface area contributed by atoms with Crippen molar-refractivity contribution in [2.24, 2.45) is 5.92 Å². The molecule has 0 spiro atoms. The molecule has 18 nitrogen and oxygen atoms in total. The molecule has 0 aliphatic carbocycles. The van der Waals surface area contributed by atoms with Crippen molar-refractivity contribution >= 4 is 89.6 Å². The molecule has 5 aliphatic heterocycles. The number of para-hydroxylation sites is 1. The minimum absolute atomic E-state index is 0. The van der Waals surface area contributed by atoms with Gasteiger partial charge in [-0.15, -0.1) is 37.2 Å².